The molecule has 176 valence electrons. The molecule has 3 aliphatic rings. The molecule has 1 aromatic rings. The van der Waals surface area contributed by atoms with E-state index in [4.69, 9.17) is 14.2 Å². The van der Waals surface area contributed by atoms with Gasteiger partial charge in [-0.3, -0.25) is 4.79 Å². The number of rotatable bonds is 6. The molecule has 4 rings (SSSR count). The summed E-state index contributed by atoms with van der Waals surface area (Å²) < 4.78 is 44.6. The molecule has 0 radical (unpaired) electrons. The standard InChI is InChI=1S/C22H27F2NO7/c1-10(5-12-6-14(24)15(7-13(12)23)30-8-11-3-2-4-11)22(29)25-16-17(26)19(28)21-20(18(16)27)31-9-32-21/h5-7,11,16-21,26-28H,2-4,8-9H2,1H3,(H,25,29)/b10-5+/t16-,17+,18-,19-,20+,21-/m1/s1. The van der Waals surface area contributed by atoms with Crippen molar-refractivity contribution in [1.29, 1.82) is 0 Å². The highest BCUT2D eigenvalue weighted by Crippen LogP contribution is 2.31. The summed E-state index contributed by atoms with van der Waals surface area (Å²) in [5.74, 6) is -2.04. The van der Waals surface area contributed by atoms with E-state index in [1.165, 1.54) is 6.92 Å². The Kier molecular flexibility index (Phi) is 6.78. The van der Waals surface area contributed by atoms with Gasteiger partial charge in [-0.2, -0.15) is 0 Å². The summed E-state index contributed by atoms with van der Waals surface area (Å²) in [6.45, 7) is 1.56. The molecule has 3 fully saturated rings. The topological polar surface area (TPSA) is 117 Å². The Morgan fingerprint density at radius 2 is 1.81 bits per heavy atom. The number of hydrogen-bond acceptors (Lipinski definition) is 7. The van der Waals surface area contributed by atoms with Gasteiger partial charge in [0.25, 0.3) is 0 Å². The van der Waals surface area contributed by atoms with Crippen LogP contribution in [0.5, 0.6) is 5.75 Å². The molecular formula is C22H27F2NO7. The van der Waals surface area contributed by atoms with Crippen LogP contribution in [-0.2, 0) is 14.3 Å². The molecule has 32 heavy (non-hydrogen) atoms. The number of benzene rings is 1. The van der Waals surface area contributed by atoms with Crippen LogP contribution in [0, 0.1) is 17.6 Å². The second-order valence-electron chi connectivity index (χ2n) is 8.59. The van der Waals surface area contributed by atoms with Gasteiger partial charge in [-0.1, -0.05) is 6.42 Å². The zero-order valence-electron chi connectivity index (χ0n) is 17.5. The molecule has 1 heterocycles. The van der Waals surface area contributed by atoms with Crippen LogP contribution >= 0.6 is 0 Å². The molecule has 2 saturated carbocycles. The van der Waals surface area contributed by atoms with Crippen LogP contribution < -0.4 is 10.1 Å². The van der Waals surface area contributed by atoms with Gasteiger partial charge in [0.2, 0.25) is 5.91 Å². The summed E-state index contributed by atoms with van der Waals surface area (Å²) >= 11 is 0. The van der Waals surface area contributed by atoms with Crippen LogP contribution in [0.25, 0.3) is 6.08 Å². The maximum atomic E-state index is 14.5. The Balaban J connectivity index is 1.44. The lowest BCUT2D eigenvalue weighted by molar-refractivity contribution is -0.155. The minimum absolute atomic E-state index is 0.00559. The Morgan fingerprint density at radius 3 is 2.47 bits per heavy atom. The molecule has 1 aromatic carbocycles. The van der Waals surface area contributed by atoms with Crippen molar-refractivity contribution in [1.82, 2.24) is 5.32 Å². The first-order valence-corrected chi connectivity index (χ1v) is 10.6. The average Bonchev–Trinajstić information content (AvgIpc) is 3.21. The number of halogens is 2. The monoisotopic (exact) mass is 455 g/mol. The van der Waals surface area contributed by atoms with Crippen molar-refractivity contribution in [2.75, 3.05) is 13.4 Å². The summed E-state index contributed by atoms with van der Waals surface area (Å²) in [5, 5.41) is 33.3. The van der Waals surface area contributed by atoms with Gasteiger partial charge in [-0.25, -0.2) is 8.78 Å². The van der Waals surface area contributed by atoms with Gasteiger partial charge in [-0.05, 0) is 37.8 Å². The lowest BCUT2D eigenvalue weighted by Gasteiger charge is -2.41. The molecule has 0 bridgehead atoms. The zero-order chi connectivity index (χ0) is 23.0. The highest BCUT2D eigenvalue weighted by Gasteiger charge is 2.53. The molecule has 1 amide bonds. The second kappa shape index (κ2) is 9.40. The molecule has 2 aliphatic carbocycles. The number of fused-ring (bicyclic) bond motifs is 1. The van der Waals surface area contributed by atoms with E-state index in [0.717, 1.165) is 37.5 Å². The Morgan fingerprint density at radius 1 is 1.12 bits per heavy atom. The third kappa shape index (κ3) is 4.51. The quantitative estimate of drug-likeness (QED) is 0.470. The van der Waals surface area contributed by atoms with E-state index in [0.29, 0.717) is 12.5 Å². The third-order valence-electron chi connectivity index (χ3n) is 6.38. The summed E-state index contributed by atoms with van der Waals surface area (Å²) in [6.07, 6.45) is -1.74. The lowest BCUT2D eigenvalue weighted by Crippen LogP contribution is -2.67. The largest absolute Gasteiger partial charge is 0.490 e. The molecule has 6 atom stereocenters. The average molecular weight is 455 g/mol. The Hall–Kier alpha value is -2.11. The summed E-state index contributed by atoms with van der Waals surface area (Å²) in [7, 11) is 0. The predicted octanol–water partition coefficient (Wildman–Crippen LogP) is 0.870. The highest BCUT2D eigenvalue weighted by atomic mass is 19.1. The first-order chi connectivity index (χ1) is 15.3. The van der Waals surface area contributed by atoms with E-state index in [2.05, 4.69) is 5.32 Å². The van der Waals surface area contributed by atoms with Gasteiger partial charge in [-0.15, -0.1) is 0 Å². The molecule has 0 aromatic heterocycles. The van der Waals surface area contributed by atoms with Gasteiger partial charge < -0.3 is 34.8 Å². The van der Waals surface area contributed by atoms with Gasteiger partial charge in [0.05, 0.1) is 12.6 Å². The number of hydrogen-bond donors (Lipinski definition) is 4. The number of aliphatic hydroxyl groups excluding tert-OH is 3. The summed E-state index contributed by atoms with van der Waals surface area (Å²) in [4.78, 5) is 12.6. The van der Waals surface area contributed by atoms with Crippen LogP contribution in [0.1, 0.15) is 31.7 Å². The van der Waals surface area contributed by atoms with Crippen molar-refractivity contribution < 1.29 is 43.1 Å². The fourth-order valence-corrected chi connectivity index (χ4v) is 4.15. The maximum Gasteiger partial charge on any atom is 0.247 e. The molecular weight excluding hydrogens is 428 g/mol. The van der Waals surface area contributed by atoms with Crippen molar-refractivity contribution in [3.63, 3.8) is 0 Å². The Labute approximate surface area is 183 Å². The first-order valence-electron chi connectivity index (χ1n) is 10.6. The number of carbonyl (C=O) groups excluding carboxylic acids is 1. The maximum absolute atomic E-state index is 14.5. The van der Waals surface area contributed by atoms with Crippen molar-refractivity contribution in [2.24, 2.45) is 5.92 Å². The van der Waals surface area contributed by atoms with Gasteiger partial charge in [0.15, 0.2) is 11.6 Å². The molecule has 10 heteroatoms. The molecule has 8 nitrogen and oxygen atoms in total. The van der Waals surface area contributed by atoms with E-state index in [1.54, 1.807) is 0 Å². The van der Waals surface area contributed by atoms with Crippen LogP contribution in [0.4, 0.5) is 8.78 Å². The Bertz CT molecular complexity index is 891. The molecule has 4 N–H and O–H groups in total. The fraction of sp³-hybridized carbons (Fsp3) is 0.591. The van der Waals surface area contributed by atoms with Crippen molar-refractivity contribution >= 4 is 12.0 Å². The minimum atomic E-state index is -1.51. The normalized spacial score (nSPS) is 32.9. The number of aliphatic hydroxyl groups is 3. The number of carbonyl (C=O) groups is 1. The van der Waals surface area contributed by atoms with Crippen molar-refractivity contribution in [2.45, 2.75) is 62.7 Å². The van der Waals surface area contributed by atoms with Crippen LogP contribution in [-0.4, -0.2) is 71.2 Å². The minimum Gasteiger partial charge on any atom is -0.490 e. The van der Waals surface area contributed by atoms with Gasteiger partial charge in [0, 0.05) is 17.2 Å². The fourth-order valence-electron chi connectivity index (χ4n) is 4.15. The first kappa shape index (κ1) is 23.1. The van der Waals surface area contributed by atoms with Crippen molar-refractivity contribution in [3.8, 4) is 5.75 Å². The lowest BCUT2D eigenvalue weighted by atomic mass is 9.83. The van der Waals surface area contributed by atoms with E-state index in [-0.39, 0.29) is 23.7 Å². The number of ether oxygens (including phenoxy) is 3. The highest BCUT2D eigenvalue weighted by molar-refractivity contribution is 5.97. The second-order valence-corrected chi connectivity index (χ2v) is 8.59. The predicted molar refractivity (Wildman–Crippen MR) is 107 cm³/mol. The van der Waals surface area contributed by atoms with Crippen LogP contribution in [0.15, 0.2) is 17.7 Å². The van der Waals surface area contributed by atoms with Gasteiger partial charge >= 0.3 is 0 Å². The van der Waals surface area contributed by atoms with E-state index in [9.17, 15) is 28.9 Å². The third-order valence-corrected chi connectivity index (χ3v) is 6.38. The molecule has 0 spiro atoms. The van der Waals surface area contributed by atoms with Crippen LogP contribution in [0.2, 0.25) is 0 Å². The van der Waals surface area contributed by atoms with E-state index in [1.807, 2.05) is 0 Å². The molecule has 0 unspecified atom stereocenters. The summed E-state index contributed by atoms with van der Waals surface area (Å²) in [5.41, 5.74) is -0.144. The summed E-state index contributed by atoms with van der Waals surface area (Å²) in [6, 6.07) is 0.658. The van der Waals surface area contributed by atoms with Crippen LogP contribution in [0.3, 0.4) is 0 Å². The van der Waals surface area contributed by atoms with Gasteiger partial charge in [0.1, 0.15) is 43.1 Å². The van der Waals surface area contributed by atoms with E-state index < -0.39 is 54.1 Å². The number of amides is 1. The SMILES string of the molecule is C/C(=C\c1cc(F)c(OCC2CCC2)cc1F)C(=O)N[C@@H]1[C@H](O)[C@@H](O)[C@H]2OCO[C@H]2[C@@H]1O. The molecule has 1 saturated heterocycles. The smallest absolute Gasteiger partial charge is 0.247 e. The number of nitrogens with one attached hydrogen (secondary N) is 1. The van der Waals surface area contributed by atoms with Crippen molar-refractivity contribution in [3.05, 3.63) is 34.9 Å². The molecule has 1 aliphatic heterocycles. The van der Waals surface area contributed by atoms with E-state index >= 15 is 0 Å². The zero-order valence-corrected chi connectivity index (χ0v) is 17.5.